The first-order valence-electron chi connectivity index (χ1n) is 5.95. The van der Waals surface area contributed by atoms with Gasteiger partial charge in [-0.2, -0.15) is 10.1 Å². The van der Waals surface area contributed by atoms with Gasteiger partial charge >= 0.3 is 0 Å². The van der Waals surface area contributed by atoms with Crippen LogP contribution in [0.15, 0.2) is 58.3 Å². The smallest absolute Gasteiger partial charge is 0.267 e. The van der Waals surface area contributed by atoms with Gasteiger partial charge < -0.3 is 0 Å². The molecular formula is C15H9N3O2. The van der Waals surface area contributed by atoms with Crippen LogP contribution in [0.1, 0.15) is 0 Å². The maximum absolute atomic E-state index is 11.7. The highest BCUT2D eigenvalue weighted by molar-refractivity contribution is 5.94. The SMILES string of the molecule is O=C=Nc1cccc(-c2n[nH]c(=O)c3ccccc23)c1. The number of aromatic amines is 1. The Morgan fingerprint density at radius 3 is 2.65 bits per heavy atom. The molecule has 0 aliphatic carbocycles. The van der Waals surface area contributed by atoms with Crippen LogP contribution in [-0.4, -0.2) is 16.3 Å². The Morgan fingerprint density at radius 2 is 1.85 bits per heavy atom. The van der Waals surface area contributed by atoms with Gasteiger partial charge in [0.1, 0.15) is 0 Å². The van der Waals surface area contributed by atoms with Crippen molar-refractivity contribution in [3.05, 3.63) is 58.9 Å². The number of nitrogens with zero attached hydrogens (tertiary/aromatic N) is 2. The second kappa shape index (κ2) is 4.91. The number of fused-ring (bicyclic) bond motifs is 1. The molecule has 0 radical (unpaired) electrons. The standard InChI is InChI=1S/C15H9N3O2/c19-9-16-11-5-3-4-10(8-11)14-12-6-1-2-7-13(12)15(20)18-17-14/h1-8H,(H,18,20). The van der Waals surface area contributed by atoms with E-state index in [1.54, 1.807) is 30.3 Å². The van der Waals surface area contributed by atoms with Crippen LogP contribution < -0.4 is 5.56 Å². The maximum Gasteiger partial charge on any atom is 0.272 e. The molecule has 0 bridgehead atoms. The molecule has 1 N–H and O–H groups in total. The summed E-state index contributed by atoms with van der Waals surface area (Å²) in [7, 11) is 0. The van der Waals surface area contributed by atoms with Crippen LogP contribution in [-0.2, 0) is 4.79 Å². The van der Waals surface area contributed by atoms with Gasteiger partial charge in [0.05, 0.1) is 16.8 Å². The molecule has 5 heteroatoms. The summed E-state index contributed by atoms with van der Waals surface area (Å²) >= 11 is 0. The van der Waals surface area contributed by atoms with Gasteiger partial charge in [0, 0.05) is 10.9 Å². The number of nitrogens with one attached hydrogen (secondary N) is 1. The molecule has 96 valence electrons. The van der Waals surface area contributed by atoms with E-state index in [9.17, 15) is 9.59 Å². The van der Waals surface area contributed by atoms with Gasteiger partial charge in [-0.25, -0.2) is 9.89 Å². The molecule has 5 nitrogen and oxygen atoms in total. The van der Waals surface area contributed by atoms with Gasteiger partial charge in [0.25, 0.3) is 5.56 Å². The molecule has 3 rings (SSSR count). The highest BCUT2D eigenvalue weighted by Crippen LogP contribution is 2.26. The summed E-state index contributed by atoms with van der Waals surface area (Å²) in [5, 5.41) is 7.90. The number of carbonyl (C=O) groups excluding carboxylic acids is 1. The van der Waals surface area contributed by atoms with E-state index in [2.05, 4.69) is 15.2 Å². The van der Waals surface area contributed by atoms with E-state index in [1.807, 2.05) is 18.2 Å². The number of H-pyrrole nitrogens is 1. The van der Waals surface area contributed by atoms with Gasteiger partial charge in [-0.15, -0.1) is 0 Å². The topological polar surface area (TPSA) is 75.2 Å². The van der Waals surface area contributed by atoms with Crippen molar-refractivity contribution >= 4 is 22.5 Å². The molecule has 0 aliphatic rings. The molecule has 0 saturated heterocycles. The molecule has 2 aromatic carbocycles. The first-order valence-corrected chi connectivity index (χ1v) is 5.95. The van der Waals surface area contributed by atoms with Crippen LogP contribution in [0.2, 0.25) is 0 Å². The highest BCUT2D eigenvalue weighted by Gasteiger charge is 2.08. The number of aliphatic imine (C=N–C) groups is 1. The Morgan fingerprint density at radius 1 is 1.05 bits per heavy atom. The lowest BCUT2D eigenvalue weighted by Crippen LogP contribution is -2.09. The number of aromatic nitrogens is 2. The Kier molecular flexibility index (Phi) is 2.95. The molecular weight excluding hydrogens is 254 g/mol. The quantitative estimate of drug-likeness (QED) is 0.570. The average Bonchev–Trinajstić information content (AvgIpc) is 2.49. The van der Waals surface area contributed by atoms with Gasteiger partial charge in [0.15, 0.2) is 0 Å². The summed E-state index contributed by atoms with van der Waals surface area (Å²) in [5.41, 5.74) is 1.68. The molecule has 3 aromatic rings. The molecule has 0 fully saturated rings. The molecule has 0 amide bonds. The van der Waals surface area contributed by atoms with Crippen molar-refractivity contribution in [2.24, 2.45) is 4.99 Å². The largest absolute Gasteiger partial charge is 0.272 e. The van der Waals surface area contributed by atoms with Crippen LogP contribution in [0.5, 0.6) is 0 Å². The van der Waals surface area contributed by atoms with Crippen LogP contribution in [0, 0.1) is 0 Å². The number of rotatable bonds is 2. The summed E-state index contributed by atoms with van der Waals surface area (Å²) < 4.78 is 0. The third-order valence-corrected chi connectivity index (χ3v) is 2.99. The molecule has 0 spiro atoms. The van der Waals surface area contributed by atoms with Gasteiger partial charge in [-0.05, 0) is 18.2 Å². The molecule has 1 aromatic heterocycles. The van der Waals surface area contributed by atoms with Gasteiger partial charge in [-0.3, -0.25) is 4.79 Å². The second-order valence-corrected chi connectivity index (χ2v) is 4.20. The summed E-state index contributed by atoms with van der Waals surface area (Å²) in [4.78, 5) is 25.7. The number of benzene rings is 2. The fourth-order valence-electron chi connectivity index (χ4n) is 2.11. The molecule has 0 aliphatic heterocycles. The van der Waals surface area contributed by atoms with Crippen molar-refractivity contribution in [1.29, 1.82) is 0 Å². The second-order valence-electron chi connectivity index (χ2n) is 4.20. The molecule has 0 unspecified atom stereocenters. The van der Waals surface area contributed by atoms with Crippen LogP contribution in [0.4, 0.5) is 5.69 Å². The third-order valence-electron chi connectivity index (χ3n) is 2.99. The predicted molar refractivity (Wildman–Crippen MR) is 75.6 cm³/mol. The van der Waals surface area contributed by atoms with Crippen molar-refractivity contribution in [2.75, 3.05) is 0 Å². The van der Waals surface area contributed by atoms with Crippen molar-refractivity contribution in [2.45, 2.75) is 0 Å². The zero-order chi connectivity index (χ0) is 13.9. The molecule has 1 heterocycles. The fourth-order valence-corrected chi connectivity index (χ4v) is 2.11. The maximum atomic E-state index is 11.7. The molecule has 0 atom stereocenters. The van der Waals surface area contributed by atoms with E-state index in [4.69, 9.17) is 0 Å². The number of isocyanates is 1. The molecule has 0 saturated carbocycles. The van der Waals surface area contributed by atoms with E-state index < -0.39 is 0 Å². The van der Waals surface area contributed by atoms with Crippen LogP contribution in [0.25, 0.3) is 22.0 Å². The minimum atomic E-state index is -0.230. The van der Waals surface area contributed by atoms with Crippen molar-refractivity contribution in [3.8, 4) is 11.3 Å². The lowest BCUT2D eigenvalue weighted by atomic mass is 10.0. The van der Waals surface area contributed by atoms with E-state index in [0.29, 0.717) is 16.8 Å². The Hall–Kier alpha value is -3.04. The first kappa shape index (κ1) is 12.0. The minimum Gasteiger partial charge on any atom is -0.267 e. The van der Waals surface area contributed by atoms with E-state index in [1.165, 1.54) is 6.08 Å². The number of hydrogen-bond acceptors (Lipinski definition) is 4. The molecule has 20 heavy (non-hydrogen) atoms. The highest BCUT2D eigenvalue weighted by atomic mass is 16.1. The van der Waals surface area contributed by atoms with E-state index in [0.717, 1.165) is 10.9 Å². The minimum absolute atomic E-state index is 0.230. The lowest BCUT2D eigenvalue weighted by Gasteiger charge is -2.05. The van der Waals surface area contributed by atoms with E-state index >= 15 is 0 Å². The van der Waals surface area contributed by atoms with Crippen LogP contribution in [0.3, 0.4) is 0 Å². The summed E-state index contributed by atoms with van der Waals surface area (Å²) in [6.45, 7) is 0. The summed E-state index contributed by atoms with van der Waals surface area (Å²) in [5.74, 6) is 0. The van der Waals surface area contributed by atoms with Crippen molar-refractivity contribution in [1.82, 2.24) is 10.2 Å². The lowest BCUT2D eigenvalue weighted by molar-refractivity contribution is 0.565. The van der Waals surface area contributed by atoms with Crippen LogP contribution >= 0.6 is 0 Å². The Balaban J connectivity index is 2.30. The van der Waals surface area contributed by atoms with Gasteiger partial charge in [-0.1, -0.05) is 30.3 Å². The van der Waals surface area contributed by atoms with E-state index in [-0.39, 0.29) is 5.56 Å². The fraction of sp³-hybridized carbons (Fsp3) is 0. The van der Waals surface area contributed by atoms with Crippen molar-refractivity contribution < 1.29 is 4.79 Å². The van der Waals surface area contributed by atoms with Crippen molar-refractivity contribution in [3.63, 3.8) is 0 Å². The number of hydrogen-bond donors (Lipinski definition) is 1. The average molecular weight is 263 g/mol. The zero-order valence-corrected chi connectivity index (χ0v) is 10.3. The predicted octanol–water partition coefficient (Wildman–Crippen LogP) is 2.56. The zero-order valence-electron chi connectivity index (χ0n) is 10.3. The Bertz CT molecular complexity index is 893. The summed E-state index contributed by atoms with van der Waals surface area (Å²) in [6.07, 6.45) is 1.51. The normalized spacial score (nSPS) is 10.2. The van der Waals surface area contributed by atoms with Gasteiger partial charge in [0.2, 0.25) is 6.08 Å². The Labute approximate surface area is 113 Å². The first-order chi connectivity index (χ1) is 9.79. The summed E-state index contributed by atoms with van der Waals surface area (Å²) in [6, 6.07) is 14.3. The third kappa shape index (κ3) is 2.02. The monoisotopic (exact) mass is 263 g/mol.